The van der Waals surface area contributed by atoms with Crippen LogP contribution in [-0.2, 0) is 22.4 Å². The highest BCUT2D eigenvalue weighted by atomic mass is 16.5. The van der Waals surface area contributed by atoms with Crippen molar-refractivity contribution in [2.75, 3.05) is 6.61 Å². The van der Waals surface area contributed by atoms with Crippen LogP contribution in [0.2, 0.25) is 0 Å². The third-order valence-corrected chi connectivity index (χ3v) is 1.53. The van der Waals surface area contributed by atoms with Crippen LogP contribution in [0.3, 0.4) is 0 Å². The van der Waals surface area contributed by atoms with E-state index in [2.05, 4.69) is 4.98 Å². The van der Waals surface area contributed by atoms with E-state index in [-0.39, 0.29) is 12.4 Å². The maximum Gasteiger partial charge on any atom is 0.311 e. The molecule has 0 fully saturated rings. The Balaban J connectivity index is 2.49. The fourth-order valence-electron chi connectivity index (χ4n) is 0.952. The Morgan fingerprint density at radius 2 is 2.38 bits per heavy atom. The van der Waals surface area contributed by atoms with Crippen LogP contribution in [0.4, 0.5) is 0 Å². The molecule has 72 valence electrons. The summed E-state index contributed by atoms with van der Waals surface area (Å²) in [5.74, 6) is 0.387. The standard InChI is InChI=1S/C9H13NO3/c1-3-8-10-7(6-13-8)5-9(11)12-4-2/h6H,3-5H2,1-2H3. The highest BCUT2D eigenvalue weighted by molar-refractivity contribution is 5.71. The molecule has 0 atom stereocenters. The van der Waals surface area contributed by atoms with E-state index in [0.29, 0.717) is 18.2 Å². The highest BCUT2D eigenvalue weighted by Crippen LogP contribution is 2.03. The third-order valence-electron chi connectivity index (χ3n) is 1.53. The van der Waals surface area contributed by atoms with Crippen molar-refractivity contribution < 1.29 is 13.9 Å². The molecule has 1 aromatic heterocycles. The van der Waals surface area contributed by atoms with Gasteiger partial charge in [-0.05, 0) is 6.92 Å². The van der Waals surface area contributed by atoms with Crippen LogP contribution < -0.4 is 0 Å². The summed E-state index contributed by atoms with van der Waals surface area (Å²) < 4.78 is 9.84. The molecule has 4 heteroatoms. The van der Waals surface area contributed by atoms with Crippen LogP contribution in [0.15, 0.2) is 10.7 Å². The number of oxazole rings is 1. The fourth-order valence-corrected chi connectivity index (χ4v) is 0.952. The van der Waals surface area contributed by atoms with E-state index in [1.54, 1.807) is 6.92 Å². The predicted octanol–water partition coefficient (Wildman–Crippen LogP) is 1.34. The molecule has 0 aliphatic rings. The number of carbonyl (C=O) groups is 1. The van der Waals surface area contributed by atoms with Gasteiger partial charge in [0.15, 0.2) is 5.89 Å². The molecule has 0 aliphatic heterocycles. The largest absolute Gasteiger partial charge is 0.466 e. The smallest absolute Gasteiger partial charge is 0.311 e. The second kappa shape index (κ2) is 4.64. The number of hydrogen-bond acceptors (Lipinski definition) is 4. The number of rotatable bonds is 4. The van der Waals surface area contributed by atoms with E-state index in [1.807, 2.05) is 6.92 Å². The summed E-state index contributed by atoms with van der Waals surface area (Å²) in [6.07, 6.45) is 2.43. The van der Waals surface area contributed by atoms with E-state index in [9.17, 15) is 4.79 Å². The number of aromatic nitrogens is 1. The van der Waals surface area contributed by atoms with Crippen LogP contribution in [0.5, 0.6) is 0 Å². The lowest BCUT2D eigenvalue weighted by Crippen LogP contribution is -2.07. The first-order chi connectivity index (χ1) is 6.26. The van der Waals surface area contributed by atoms with Gasteiger partial charge >= 0.3 is 5.97 Å². The summed E-state index contributed by atoms with van der Waals surface area (Å²) in [5, 5.41) is 0. The summed E-state index contributed by atoms with van der Waals surface area (Å²) in [6, 6.07) is 0. The zero-order chi connectivity index (χ0) is 9.68. The summed E-state index contributed by atoms with van der Waals surface area (Å²) in [4.78, 5) is 15.1. The number of nitrogens with zero attached hydrogens (tertiary/aromatic N) is 1. The van der Waals surface area contributed by atoms with E-state index >= 15 is 0 Å². The Morgan fingerprint density at radius 1 is 1.62 bits per heavy atom. The van der Waals surface area contributed by atoms with Crippen molar-refractivity contribution in [3.8, 4) is 0 Å². The second-order valence-corrected chi connectivity index (χ2v) is 2.57. The van der Waals surface area contributed by atoms with Gasteiger partial charge in [0.25, 0.3) is 0 Å². The molecule has 0 N–H and O–H groups in total. The minimum Gasteiger partial charge on any atom is -0.466 e. The molecule has 0 amide bonds. The molecule has 4 nitrogen and oxygen atoms in total. The molecule has 0 saturated carbocycles. The molecule has 0 aromatic carbocycles. The number of esters is 1. The maximum absolute atomic E-state index is 11.0. The van der Waals surface area contributed by atoms with Crippen molar-refractivity contribution in [2.45, 2.75) is 26.7 Å². The first kappa shape index (κ1) is 9.77. The number of carbonyl (C=O) groups excluding carboxylic acids is 1. The Kier molecular flexibility index (Phi) is 3.49. The molecule has 1 aromatic rings. The fraction of sp³-hybridized carbons (Fsp3) is 0.556. The zero-order valence-corrected chi connectivity index (χ0v) is 7.87. The van der Waals surface area contributed by atoms with Crippen LogP contribution >= 0.6 is 0 Å². The molecule has 0 bridgehead atoms. The minimum absolute atomic E-state index is 0.192. The Labute approximate surface area is 76.9 Å². The summed E-state index contributed by atoms with van der Waals surface area (Å²) in [7, 11) is 0. The van der Waals surface area contributed by atoms with E-state index in [0.717, 1.165) is 6.42 Å². The second-order valence-electron chi connectivity index (χ2n) is 2.57. The van der Waals surface area contributed by atoms with Crippen molar-refractivity contribution in [3.05, 3.63) is 17.8 Å². The monoisotopic (exact) mass is 183 g/mol. The van der Waals surface area contributed by atoms with Crippen LogP contribution in [0.1, 0.15) is 25.4 Å². The highest BCUT2D eigenvalue weighted by Gasteiger charge is 2.08. The number of ether oxygens (including phenoxy) is 1. The van der Waals surface area contributed by atoms with Gasteiger partial charge in [-0.1, -0.05) is 6.92 Å². The van der Waals surface area contributed by atoms with Gasteiger partial charge in [0.05, 0.1) is 18.7 Å². The van der Waals surface area contributed by atoms with Gasteiger partial charge in [0.2, 0.25) is 0 Å². The van der Waals surface area contributed by atoms with Gasteiger partial charge in [0, 0.05) is 6.42 Å². The predicted molar refractivity (Wildman–Crippen MR) is 46.2 cm³/mol. The lowest BCUT2D eigenvalue weighted by molar-refractivity contribution is -0.142. The first-order valence-electron chi connectivity index (χ1n) is 4.35. The van der Waals surface area contributed by atoms with Crippen LogP contribution in [-0.4, -0.2) is 17.6 Å². The van der Waals surface area contributed by atoms with Gasteiger partial charge in [-0.15, -0.1) is 0 Å². The summed E-state index contributed by atoms with van der Waals surface area (Å²) >= 11 is 0. The molecule has 0 saturated heterocycles. The average Bonchev–Trinajstić information content (AvgIpc) is 2.52. The van der Waals surface area contributed by atoms with E-state index in [1.165, 1.54) is 6.26 Å². The lowest BCUT2D eigenvalue weighted by Gasteiger charge is -1.96. The van der Waals surface area contributed by atoms with Crippen molar-refractivity contribution in [3.63, 3.8) is 0 Å². The van der Waals surface area contributed by atoms with Gasteiger partial charge in [-0.25, -0.2) is 4.98 Å². The van der Waals surface area contributed by atoms with Crippen molar-refractivity contribution in [1.29, 1.82) is 0 Å². The molecule has 1 heterocycles. The lowest BCUT2D eigenvalue weighted by atomic mass is 10.3. The molecule has 0 unspecified atom stereocenters. The van der Waals surface area contributed by atoms with Gasteiger partial charge in [0.1, 0.15) is 6.26 Å². The number of aryl methyl sites for hydroxylation is 1. The first-order valence-corrected chi connectivity index (χ1v) is 4.35. The molecular weight excluding hydrogens is 170 g/mol. The molecule has 13 heavy (non-hydrogen) atoms. The normalized spacial score (nSPS) is 10.0. The molecule has 0 radical (unpaired) electrons. The van der Waals surface area contributed by atoms with E-state index < -0.39 is 0 Å². The maximum atomic E-state index is 11.0. The quantitative estimate of drug-likeness (QED) is 0.661. The van der Waals surface area contributed by atoms with Crippen molar-refractivity contribution in [1.82, 2.24) is 4.98 Å². The molecular formula is C9H13NO3. The SMILES string of the molecule is CCOC(=O)Cc1coc(CC)n1. The Morgan fingerprint density at radius 3 is 2.92 bits per heavy atom. The minimum atomic E-state index is -0.265. The molecule has 0 aliphatic carbocycles. The molecule has 1 rings (SSSR count). The van der Waals surface area contributed by atoms with Crippen LogP contribution in [0.25, 0.3) is 0 Å². The summed E-state index contributed by atoms with van der Waals surface area (Å²) in [6.45, 7) is 4.12. The average molecular weight is 183 g/mol. The van der Waals surface area contributed by atoms with Crippen molar-refractivity contribution in [2.24, 2.45) is 0 Å². The molecule has 0 spiro atoms. The van der Waals surface area contributed by atoms with Gasteiger partial charge in [-0.3, -0.25) is 4.79 Å². The van der Waals surface area contributed by atoms with Crippen LogP contribution in [0, 0.1) is 0 Å². The Bertz CT molecular complexity index is 280. The summed E-state index contributed by atoms with van der Waals surface area (Å²) in [5.41, 5.74) is 0.635. The number of hydrogen-bond donors (Lipinski definition) is 0. The topological polar surface area (TPSA) is 52.3 Å². The third kappa shape index (κ3) is 2.89. The van der Waals surface area contributed by atoms with Gasteiger partial charge in [-0.2, -0.15) is 0 Å². The van der Waals surface area contributed by atoms with Gasteiger partial charge < -0.3 is 9.15 Å². The van der Waals surface area contributed by atoms with E-state index in [4.69, 9.17) is 9.15 Å². The zero-order valence-electron chi connectivity index (χ0n) is 7.87. The van der Waals surface area contributed by atoms with Crippen molar-refractivity contribution >= 4 is 5.97 Å². The Hall–Kier alpha value is -1.32.